The molecular formula is C15H11FN2O2. The number of aromatic hydroxyl groups is 1. The van der Waals surface area contributed by atoms with E-state index >= 15 is 0 Å². The summed E-state index contributed by atoms with van der Waals surface area (Å²) >= 11 is 0. The average molecular weight is 270 g/mol. The minimum absolute atomic E-state index is 0.0538. The molecule has 1 aromatic heterocycles. The molecule has 0 radical (unpaired) electrons. The highest BCUT2D eigenvalue weighted by molar-refractivity contribution is 5.64. The first-order chi connectivity index (χ1) is 9.63. The molecule has 5 heteroatoms. The monoisotopic (exact) mass is 270 g/mol. The van der Waals surface area contributed by atoms with Gasteiger partial charge in [-0.1, -0.05) is 17.3 Å². The molecule has 0 unspecified atom stereocenters. The van der Waals surface area contributed by atoms with E-state index < -0.39 is 0 Å². The van der Waals surface area contributed by atoms with Crippen molar-refractivity contribution in [3.05, 3.63) is 53.8 Å². The summed E-state index contributed by atoms with van der Waals surface area (Å²) in [6.07, 6.45) is 0. The Morgan fingerprint density at radius 2 is 1.95 bits per heavy atom. The third kappa shape index (κ3) is 2.25. The molecule has 3 aromatic rings. The Labute approximate surface area is 114 Å². The van der Waals surface area contributed by atoms with Crippen molar-refractivity contribution in [3.8, 4) is 28.6 Å². The lowest BCUT2D eigenvalue weighted by atomic mass is 10.1. The Hall–Kier alpha value is -2.69. The van der Waals surface area contributed by atoms with E-state index in [2.05, 4.69) is 10.1 Å². The average Bonchev–Trinajstić information content (AvgIpc) is 2.87. The van der Waals surface area contributed by atoms with Crippen molar-refractivity contribution in [2.75, 3.05) is 0 Å². The van der Waals surface area contributed by atoms with Crippen LogP contribution in [-0.2, 0) is 0 Å². The maximum absolute atomic E-state index is 13.4. The summed E-state index contributed by atoms with van der Waals surface area (Å²) in [5.41, 5.74) is 1.75. The summed E-state index contributed by atoms with van der Waals surface area (Å²) in [5.74, 6) is 0.179. The third-order valence-electron chi connectivity index (χ3n) is 2.86. The van der Waals surface area contributed by atoms with Crippen LogP contribution in [0.2, 0.25) is 0 Å². The molecule has 100 valence electrons. The van der Waals surface area contributed by atoms with E-state index in [9.17, 15) is 9.50 Å². The molecule has 1 N–H and O–H groups in total. The molecule has 0 bridgehead atoms. The predicted octanol–water partition coefficient (Wildman–Crippen LogP) is 3.56. The van der Waals surface area contributed by atoms with Crippen molar-refractivity contribution >= 4 is 0 Å². The largest absolute Gasteiger partial charge is 0.507 e. The summed E-state index contributed by atoms with van der Waals surface area (Å²) in [5, 5.41) is 13.6. The van der Waals surface area contributed by atoms with Crippen molar-refractivity contribution in [2.24, 2.45) is 0 Å². The zero-order valence-corrected chi connectivity index (χ0v) is 10.7. The lowest BCUT2D eigenvalue weighted by Gasteiger charge is -1.98. The lowest BCUT2D eigenvalue weighted by Crippen LogP contribution is -1.85. The second-order valence-electron chi connectivity index (χ2n) is 4.46. The van der Waals surface area contributed by atoms with Crippen molar-refractivity contribution in [1.82, 2.24) is 10.1 Å². The van der Waals surface area contributed by atoms with Gasteiger partial charge in [-0.2, -0.15) is 4.98 Å². The third-order valence-corrected chi connectivity index (χ3v) is 2.86. The molecule has 0 amide bonds. The highest BCUT2D eigenvalue weighted by atomic mass is 19.1. The van der Waals surface area contributed by atoms with Crippen LogP contribution in [0.5, 0.6) is 5.75 Å². The fraction of sp³-hybridized carbons (Fsp3) is 0.0667. The summed E-state index contributed by atoms with van der Waals surface area (Å²) in [6, 6.07) is 11.2. The van der Waals surface area contributed by atoms with Gasteiger partial charge in [-0.25, -0.2) is 4.39 Å². The van der Waals surface area contributed by atoms with E-state index in [0.29, 0.717) is 11.1 Å². The number of phenolic OH excluding ortho intramolecular Hbond substituents is 1. The summed E-state index contributed by atoms with van der Waals surface area (Å²) in [6.45, 7) is 1.79. The quantitative estimate of drug-likeness (QED) is 0.773. The molecule has 0 spiro atoms. The van der Waals surface area contributed by atoms with Gasteiger partial charge in [0.2, 0.25) is 5.82 Å². The van der Waals surface area contributed by atoms with E-state index in [4.69, 9.17) is 4.52 Å². The summed E-state index contributed by atoms with van der Waals surface area (Å²) in [7, 11) is 0. The normalized spacial score (nSPS) is 10.7. The maximum atomic E-state index is 13.4. The Kier molecular flexibility index (Phi) is 2.95. The van der Waals surface area contributed by atoms with Gasteiger partial charge in [-0.3, -0.25) is 0 Å². The zero-order chi connectivity index (χ0) is 14.1. The second-order valence-corrected chi connectivity index (χ2v) is 4.46. The van der Waals surface area contributed by atoms with Crippen LogP contribution in [0, 0.1) is 12.7 Å². The molecule has 2 aromatic carbocycles. The maximum Gasteiger partial charge on any atom is 0.261 e. The lowest BCUT2D eigenvalue weighted by molar-refractivity contribution is 0.425. The van der Waals surface area contributed by atoms with Gasteiger partial charge >= 0.3 is 0 Å². The minimum atomic E-state index is -0.353. The molecule has 0 aliphatic heterocycles. The minimum Gasteiger partial charge on any atom is -0.507 e. The van der Waals surface area contributed by atoms with Crippen molar-refractivity contribution in [3.63, 3.8) is 0 Å². The smallest absolute Gasteiger partial charge is 0.261 e. The first kappa shape index (κ1) is 12.3. The fourth-order valence-corrected chi connectivity index (χ4v) is 1.97. The van der Waals surface area contributed by atoms with E-state index in [-0.39, 0.29) is 23.3 Å². The molecule has 0 aliphatic rings. The number of aryl methyl sites for hydroxylation is 1. The standard InChI is InChI=1S/C15H11FN2O2/c1-9-6-10(8-11(16)7-9)14-17-15(20-18-14)12-4-2-3-5-13(12)19/h2-8,19H,1H3. The first-order valence-corrected chi connectivity index (χ1v) is 6.03. The number of rotatable bonds is 2. The molecule has 0 atom stereocenters. The number of phenols is 1. The second kappa shape index (κ2) is 4.77. The van der Waals surface area contributed by atoms with Crippen LogP contribution in [-0.4, -0.2) is 15.2 Å². The van der Waals surface area contributed by atoms with Gasteiger partial charge in [0.1, 0.15) is 11.6 Å². The van der Waals surface area contributed by atoms with Crippen LogP contribution < -0.4 is 0 Å². The number of benzene rings is 2. The molecule has 0 saturated heterocycles. The van der Waals surface area contributed by atoms with Gasteiger partial charge in [-0.05, 0) is 42.8 Å². The molecule has 1 heterocycles. The molecular weight excluding hydrogens is 259 g/mol. The van der Waals surface area contributed by atoms with E-state index in [0.717, 1.165) is 5.56 Å². The van der Waals surface area contributed by atoms with Crippen LogP contribution in [0.3, 0.4) is 0 Å². The van der Waals surface area contributed by atoms with Crippen LogP contribution in [0.1, 0.15) is 5.56 Å². The first-order valence-electron chi connectivity index (χ1n) is 6.03. The number of para-hydroxylation sites is 1. The molecule has 0 aliphatic carbocycles. The van der Waals surface area contributed by atoms with E-state index in [1.54, 1.807) is 31.2 Å². The number of hydrogen-bond donors (Lipinski definition) is 1. The van der Waals surface area contributed by atoms with Gasteiger partial charge in [-0.15, -0.1) is 0 Å². The fourth-order valence-electron chi connectivity index (χ4n) is 1.97. The summed E-state index contributed by atoms with van der Waals surface area (Å²) < 4.78 is 18.5. The SMILES string of the molecule is Cc1cc(F)cc(-c2noc(-c3ccccc3O)n2)c1. The number of aromatic nitrogens is 2. The summed E-state index contributed by atoms with van der Waals surface area (Å²) in [4.78, 5) is 4.19. The van der Waals surface area contributed by atoms with E-state index in [1.165, 1.54) is 18.2 Å². The Balaban J connectivity index is 2.04. The van der Waals surface area contributed by atoms with Crippen LogP contribution in [0.4, 0.5) is 4.39 Å². The van der Waals surface area contributed by atoms with Gasteiger partial charge in [0, 0.05) is 5.56 Å². The topological polar surface area (TPSA) is 59.2 Å². The van der Waals surface area contributed by atoms with Crippen LogP contribution in [0.15, 0.2) is 47.0 Å². The Morgan fingerprint density at radius 3 is 2.70 bits per heavy atom. The molecule has 0 saturated carbocycles. The van der Waals surface area contributed by atoms with E-state index in [1.807, 2.05) is 0 Å². The molecule has 3 rings (SSSR count). The molecule has 20 heavy (non-hydrogen) atoms. The molecule has 4 nitrogen and oxygen atoms in total. The van der Waals surface area contributed by atoms with Gasteiger partial charge < -0.3 is 9.63 Å². The number of hydrogen-bond acceptors (Lipinski definition) is 4. The highest BCUT2D eigenvalue weighted by Gasteiger charge is 2.14. The zero-order valence-electron chi connectivity index (χ0n) is 10.7. The number of halogens is 1. The van der Waals surface area contributed by atoms with Crippen molar-refractivity contribution < 1.29 is 14.0 Å². The van der Waals surface area contributed by atoms with Crippen LogP contribution >= 0.6 is 0 Å². The van der Waals surface area contributed by atoms with Crippen molar-refractivity contribution in [2.45, 2.75) is 6.92 Å². The predicted molar refractivity (Wildman–Crippen MR) is 71.5 cm³/mol. The van der Waals surface area contributed by atoms with Crippen molar-refractivity contribution in [1.29, 1.82) is 0 Å². The van der Waals surface area contributed by atoms with Gasteiger partial charge in [0.05, 0.1) is 5.56 Å². The Morgan fingerprint density at radius 1 is 1.15 bits per heavy atom. The van der Waals surface area contributed by atoms with Gasteiger partial charge in [0.15, 0.2) is 0 Å². The Bertz CT molecular complexity index is 748. The number of nitrogens with zero attached hydrogens (tertiary/aromatic N) is 2. The highest BCUT2D eigenvalue weighted by Crippen LogP contribution is 2.29. The van der Waals surface area contributed by atoms with Gasteiger partial charge in [0.25, 0.3) is 5.89 Å². The van der Waals surface area contributed by atoms with Crippen LogP contribution in [0.25, 0.3) is 22.8 Å². The molecule has 0 fully saturated rings.